The molecule has 6 heteroatoms. The first-order chi connectivity index (χ1) is 9.04. The second-order valence-electron chi connectivity index (χ2n) is 4.46. The maximum Gasteiger partial charge on any atom is 0.239 e. The largest absolute Gasteiger partial charge is 0.473 e. The monoisotopic (exact) mass is 278 g/mol. The number of rotatable bonds is 5. The topological polar surface area (TPSA) is 73.1 Å². The van der Waals surface area contributed by atoms with Gasteiger partial charge in [0.2, 0.25) is 5.88 Å². The lowest BCUT2D eigenvalue weighted by Gasteiger charge is -2.12. The van der Waals surface area contributed by atoms with Crippen LogP contribution in [0, 0.1) is 6.92 Å². The van der Waals surface area contributed by atoms with Crippen molar-refractivity contribution in [2.24, 2.45) is 0 Å². The van der Waals surface area contributed by atoms with E-state index in [0.29, 0.717) is 18.1 Å². The van der Waals surface area contributed by atoms with E-state index in [1.165, 1.54) is 4.88 Å². The highest BCUT2D eigenvalue weighted by Gasteiger charge is 2.06. The molecule has 2 rings (SSSR count). The smallest absolute Gasteiger partial charge is 0.239 e. The molecule has 0 bridgehead atoms. The normalized spacial score (nSPS) is 10.7. The van der Waals surface area contributed by atoms with Crippen LogP contribution in [0.1, 0.15) is 23.7 Å². The molecule has 0 spiro atoms. The summed E-state index contributed by atoms with van der Waals surface area (Å²) >= 11 is 1.67. The van der Waals surface area contributed by atoms with Gasteiger partial charge < -0.3 is 15.8 Å². The van der Waals surface area contributed by atoms with Crippen LogP contribution in [0.4, 0.5) is 11.5 Å². The first-order valence-corrected chi connectivity index (χ1v) is 6.94. The standard InChI is InChI=1S/C13H18N4OS/c1-8(2)18-13-11(14)4-5-12(17-13)16-7-10-6-15-9(3)19-10/h4-6,8H,7,14H2,1-3H3,(H,16,17). The summed E-state index contributed by atoms with van der Waals surface area (Å²) in [6, 6.07) is 3.64. The van der Waals surface area contributed by atoms with Crippen molar-refractivity contribution in [2.45, 2.75) is 33.4 Å². The summed E-state index contributed by atoms with van der Waals surface area (Å²) in [6.45, 7) is 6.58. The number of nitrogens with two attached hydrogens (primary N) is 1. The van der Waals surface area contributed by atoms with Crippen molar-refractivity contribution in [3.8, 4) is 5.88 Å². The first-order valence-electron chi connectivity index (χ1n) is 6.13. The van der Waals surface area contributed by atoms with Gasteiger partial charge in [-0.25, -0.2) is 4.98 Å². The number of anilines is 2. The van der Waals surface area contributed by atoms with Gasteiger partial charge in [-0.15, -0.1) is 11.3 Å². The first kappa shape index (κ1) is 13.6. The Labute approximate surface area is 116 Å². The molecule has 102 valence electrons. The Morgan fingerprint density at radius 1 is 1.42 bits per heavy atom. The van der Waals surface area contributed by atoms with E-state index in [0.717, 1.165) is 10.8 Å². The molecule has 0 saturated heterocycles. The van der Waals surface area contributed by atoms with Crippen LogP contribution in [0.3, 0.4) is 0 Å². The van der Waals surface area contributed by atoms with Gasteiger partial charge in [0.1, 0.15) is 5.82 Å². The van der Waals surface area contributed by atoms with Crippen LogP contribution in [-0.2, 0) is 6.54 Å². The van der Waals surface area contributed by atoms with Crippen molar-refractivity contribution in [1.82, 2.24) is 9.97 Å². The maximum atomic E-state index is 5.83. The van der Waals surface area contributed by atoms with E-state index in [1.807, 2.05) is 33.0 Å². The number of ether oxygens (including phenoxy) is 1. The van der Waals surface area contributed by atoms with Gasteiger partial charge in [-0.05, 0) is 32.9 Å². The lowest BCUT2D eigenvalue weighted by molar-refractivity contribution is 0.234. The number of hydrogen-bond donors (Lipinski definition) is 2. The number of aryl methyl sites for hydroxylation is 1. The third-order valence-electron chi connectivity index (χ3n) is 2.35. The molecule has 0 fully saturated rings. The average molecular weight is 278 g/mol. The van der Waals surface area contributed by atoms with Crippen molar-refractivity contribution < 1.29 is 4.74 Å². The molecule has 0 aliphatic rings. The molecule has 0 atom stereocenters. The summed E-state index contributed by atoms with van der Waals surface area (Å²) in [5.74, 6) is 1.22. The third kappa shape index (κ3) is 3.82. The highest BCUT2D eigenvalue weighted by Crippen LogP contribution is 2.22. The molecule has 0 aliphatic carbocycles. The van der Waals surface area contributed by atoms with Crippen molar-refractivity contribution in [1.29, 1.82) is 0 Å². The molecule has 2 heterocycles. The van der Waals surface area contributed by atoms with Gasteiger partial charge in [-0.3, -0.25) is 0 Å². The number of thiazole rings is 1. The van der Waals surface area contributed by atoms with E-state index in [9.17, 15) is 0 Å². The fraction of sp³-hybridized carbons (Fsp3) is 0.385. The van der Waals surface area contributed by atoms with E-state index >= 15 is 0 Å². The maximum absolute atomic E-state index is 5.83. The fourth-order valence-electron chi connectivity index (χ4n) is 1.53. The molecule has 3 N–H and O–H groups in total. The van der Waals surface area contributed by atoms with Crippen LogP contribution >= 0.6 is 11.3 Å². The van der Waals surface area contributed by atoms with Crippen molar-refractivity contribution in [3.05, 3.63) is 28.2 Å². The van der Waals surface area contributed by atoms with Crippen LogP contribution in [0.15, 0.2) is 18.3 Å². The highest BCUT2D eigenvalue weighted by atomic mass is 32.1. The van der Waals surface area contributed by atoms with Crippen LogP contribution in [-0.4, -0.2) is 16.1 Å². The lowest BCUT2D eigenvalue weighted by Crippen LogP contribution is -2.10. The van der Waals surface area contributed by atoms with Gasteiger partial charge in [0.05, 0.1) is 23.3 Å². The second-order valence-corrected chi connectivity index (χ2v) is 5.78. The van der Waals surface area contributed by atoms with E-state index < -0.39 is 0 Å². The fourth-order valence-corrected chi connectivity index (χ4v) is 2.27. The number of nitrogen functional groups attached to an aromatic ring is 1. The Bertz CT molecular complexity index is 553. The Morgan fingerprint density at radius 2 is 2.21 bits per heavy atom. The molecule has 0 aliphatic heterocycles. The molecular weight excluding hydrogens is 260 g/mol. The minimum atomic E-state index is 0.0502. The quantitative estimate of drug-likeness (QED) is 0.879. The van der Waals surface area contributed by atoms with Crippen LogP contribution in [0.2, 0.25) is 0 Å². The average Bonchev–Trinajstić information content (AvgIpc) is 2.75. The van der Waals surface area contributed by atoms with Gasteiger partial charge in [0, 0.05) is 11.1 Å². The van der Waals surface area contributed by atoms with Crippen molar-refractivity contribution in [3.63, 3.8) is 0 Å². The second kappa shape index (κ2) is 5.88. The summed E-state index contributed by atoms with van der Waals surface area (Å²) < 4.78 is 5.56. The minimum absolute atomic E-state index is 0.0502. The van der Waals surface area contributed by atoms with Gasteiger partial charge >= 0.3 is 0 Å². The van der Waals surface area contributed by atoms with Crippen LogP contribution in [0.5, 0.6) is 5.88 Å². The number of hydrogen-bond acceptors (Lipinski definition) is 6. The van der Waals surface area contributed by atoms with Crippen LogP contribution < -0.4 is 15.8 Å². The van der Waals surface area contributed by atoms with Crippen LogP contribution in [0.25, 0.3) is 0 Å². The molecule has 5 nitrogen and oxygen atoms in total. The van der Waals surface area contributed by atoms with E-state index in [4.69, 9.17) is 10.5 Å². The lowest BCUT2D eigenvalue weighted by atomic mass is 10.4. The van der Waals surface area contributed by atoms with Gasteiger partial charge in [0.15, 0.2) is 0 Å². The zero-order chi connectivity index (χ0) is 13.8. The predicted octanol–water partition coefficient (Wildman–Crippen LogP) is 2.83. The molecule has 0 saturated carbocycles. The molecular formula is C13H18N4OS. The number of nitrogens with one attached hydrogen (secondary N) is 1. The molecule has 19 heavy (non-hydrogen) atoms. The van der Waals surface area contributed by atoms with Gasteiger partial charge in [0.25, 0.3) is 0 Å². The van der Waals surface area contributed by atoms with E-state index in [-0.39, 0.29) is 6.10 Å². The number of nitrogens with zero attached hydrogens (tertiary/aromatic N) is 2. The highest BCUT2D eigenvalue weighted by molar-refractivity contribution is 7.11. The summed E-state index contributed by atoms with van der Waals surface area (Å²) in [5.41, 5.74) is 6.37. The zero-order valence-corrected chi connectivity index (χ0v) is 12.1. The molecule has 0 aromatic carbocycles. The Morgan fingerprint density at radius 3 is 2.84 bits per heavy atom. The Kier molecular flexibility index (Phi) is 4.21. The van der Waals surface area contributed by atoms with Gasteiger partial charge in [-0.1, -0.05) is 0 Å². The molecule has 0 unspecified atom stereocenters. The van der Waals surface area contributed by atoms with E-state index in [1.54, 1.807) is 17.4 Å². The summed E-state index contributed by atoms with van der Waals surface area (Å²) in [4.78, 5) is 9.74. The molecule has 0 amide bonds. The van der Waals surface area contributed by atoms with Gasteiger partial charge in [-0.2, -0.15) is 4.98 Å². The Balaban J connectivity index is 2.04. The van der Waals surface area contributed by atoms with E-state index in [2.05, 4.69) is 15.3 Å². The summed E-state index contributed by atoms with van der Waals surface area (Å²) in [7, 11) is 0. The predicted molar refractivity (Wildman–Crippen MR) is 78.6 cm³/mol. The minimum Gasteiger partial charge on any atom is -0.473 e. The Hall–Kier alpha value is -1.82. The zero-order valence-electron chi connectivity index (χ0n) is 11.3. The molecule has 2 aromatic heterocycles. The molecule has 0 radical (unpaired) electrons. The summed E-state index contributed by atoms with van der Waals surface area (Å²) in [6.07, 6.45) is 1.92. The van der Waals surface area contributed by atoms with Crippen molar-refractivity contribution >= 4 is 22.8 Å². The number of aromatic nitrogens is 2. The number of pyridine rings is 1. The SMILES string of the molecule is Cc1ncc(CNc2ccc(N)c(OC(C)C)n2)s1. The summed E-state index contributed by atoms with van der Waals surface area (Å²) in [5, 5.41) is 4.30. The third-order valence-corrected chi connectivity index (χ3v) is 3.26. The molecule has 2 aromatic rings. The van der Waals surface area contributed by atoms with Crippen molar-refractivity contribution in [2.75, 3.05) is 11.1 Å².